The molecule has 1 aliphatic carbocycles. The summed E-state index contributed by atoms with van der Waals surface area (Å²) in [6, 6.07) is 0. The van der Waals surface area contributed by atoms with E-state index >= 15 is 0 Å². The first-order valence-corrected chi connectivity index (χ1v) is 5.67. The molecule has 3 nitrogen and oxygen atoms in total. The normalized spacial score (nSPS) is 27.3. The molecule has 1 saturated carbocycles. The van der Waals surface area contributed by atoms with Crippen molar-refractivity contribution in [1.29, 1.82) is 0 Å². The van der Waals surface area contributed by atoms with Crippen LogP contribution in [0.3, 0.4) is 0 Å². The number of rotatable bonds is 4. The van der Waals surface area contributed by atoms with E-state index in [0.29, 0.717) is 6.54 Å². The lowest BCUT2D eigenvalue weighted by atomic mass is 9.92. The lowest BCUT2D eigenvalue weighted by Gasteiger charge is -2.27. The highest BCUT2D eigenvalue weighted by atomic mass is 16.3. The van der Waals surface area contributed by atoms with Crippen LogP contribution in [0.2, 0.25) is 0 Å². The predicted octanol–water partition coefficient (Wildman–Crippen LogP) is 1.56. The van der Waals surface area contributed by atoms with Crippen molar-refractivity contribution in [3.05, 3.63) is 0 Å². The van der Waals surface area contributed by atoms with Crippen LogP contribution in [0, 0.1) is 17.3 Å². The van der Waals surface area contributed by atoms with Gasteiger partial charge in [-0.3, -0.25) is 4.79 Å². The van der Waals surface area contributed by atoms with Crippen LogP contribution in [0.4, 0.5) is 0 Å². The minimum absolute atomic E-state index is 0.0842. The van der Waals surface area contributed by atoms with Crippen molar-refractivity contribution < 1.29 is 9.90 Å². The molecular formula is C12H23NO2. The molecule has 0 heterocycles. The summed E-state index contributed by atoms with van der Waals surface area (Å²) in [6.45, 7) is 10.2. The molecule has 0 aliphatic heterocycles. The fourth-order valence-corrected chi connectivity index (χ4v) is 1.51. The lowest BCUT2D eigenvalue weighted by Crippen LogP contribution is -2.45. The molecule has 0 spiro atoms. The Kier molecular flexibility index (Phi) is 3.15. The minimum atomic E-state index is -0.811. The molecule has 0 aromatic rings. The first-order chi connectivity index (χ1) is 6.67. The van der Waals surface area contributed by atoms with Crippen LogP contribution in [-0.2, 0) is 4.79 Å². The minimum Gasteiger partial charge on any atom is -0.388 e. The summed E-state index contributed by atoms with van der Waals surface area (Å²) in [4.78, 5) is 11.7. The van der Waals surface area contributed by atoms with Crippen molar-refractivity contribution in [2.24, 2.45) is 17.3 Å². The third-order valence-electron chi connectivity index (χ3n) is 3.69. The van der Waals surface area contributed by atoms with Crippen molar-refractivity contribution in [2.75, 3.05) is 6.54 Å². The van der Waals surface area contributed by atoms with Crippen molar-refractivity contribution in [3.63, 3.8) is 0 Å². The van der Waals surface area contributed by atoms with Gasteiger partial charge in [0.2, 0.25) is 5.91 Å². The second-order valence-corrected chi connectivity index (χ2v) is 5.97. The molecule has 0 aromatic heterocycles. The molecular weight excluding hydrogens is 190 g/mol. The van der Waals surface area contributed by atoms with Gasteiger partial charge in [0.05, 0.1) is 5.60 Å². The zero-order valence-electron chi connectivity index (χ0n) is 10.4. The van der Waals surface area contributed by atoms with Gasteiger partial charge in [-0.25, -0.2) is 0 Å². The van der Waals surface area contributed by atoms with Gasteiger partial charge < -0.3 is 10.4 Å². The molecule has 0 aromatic carbocycles. The van der Waals surface area contributed by atoms with Crippen LogP contribution in [0.15, 0.2) is 0 Å². The number of nitrogens with one attached hydrogen (secondary N) is 1. The SMILES string of the molecule is CC(C)C(C)(O)CNC(=O)C1CC1(C)C. The third kappa shape index (κ3) is 2.94. The van der Waals surface area contributed by atoms with E-state index in [1.165, 1.54) is 0 Å². The van der Waals surface area contributed by atoms with Gasteiger partial charge in [-0.2, -0.15) is 0 Å². The molecule has 1 fully saturated rings. The van der Waals surface area contributed by atoms with Gasteiger partial charge in [0, 0.05) is 12.5 Å². The third-order valence-corrected chi connectivity index (χ3v) is 3.69. The van der Waals surface area contributed by atoms with Crippen molar-refractivity contribution in [3.8, 4) is 0 Å². The average molecular weight is 213 g/mol. The van der Waals surface area contributed by atoms with Gasteiger partial charge in [-0.1, -0.05) is 27.7 Å². The standard InChI is InChI=1S/C12H23NO2/c1-8(2)12(5,15)7-13-10(14)9-6-11(9,3)4/h8-9,15H,6-7H2,1-5H3,(H,13,14). The molecule has 2 atom stereocenters. The Bertz CT molecular complexity index is 256. The quantitative estimate of drug-likeness (QED) is 0.744. The molecule has 3 heteroatoms. The highest BCUT2D eigenvalue weighted by Crippen LogP contribution is 2.51. The van der Waals surface area contributed by atoms with Crippen LogP contribution in [-0.4, -0.2) is 23.2 Å². The average Bonchev–Trinajstić information content (AvgIpc) is 2.71. The first kappa shape index (κ1) is 12.5. The Morgan fingerprint density at radius 2 is 2.07 bits per heavy atom. The van der Waals surface area contributed by atoms with E-state index in [1.807, 2.05) is 13.8 Å². The van der Waals surface area contributed by atoms with Gasteiger partial charge in [0.1, 0.15) is 0 Å². The van der Waals surface area contributed by atoms with Gasteiger partial charge in [-0.05, 0) is 24.7 Å². The largest absolute Gasteiger partial charge is 0.388 e. The highest BCUT2D eigenvalue weighted by molar-refractivity contribution is 5.82. The zero-order valence-corrected chi connectivity index (χ0v) is 10.4. The van der Waals surface area contributed by atoms with Crippen molar-refractivity contribution >= 4 is 5.91 Å². The topological polar surface area (TPSA) is 49.3 Å². The second-order valence-electron chi connectivity index (χ2n) is 5.97. The number of hydrogen-bond donors (Lipinski definition) is 2. The van der Waals surface area contributed by atoms with E-state index in [9.17, 15) is 9.90 Å². The number of amides is 1. The maximum absolute atomic E-state index is 11.7. The van der Waals surface area contributed by atoms with Crippen LogP contribution < -0.4 is 5.32 Å². The number of carbonyl (C=O) groups is 1. The number of carbonyl (C=O) groups excluding carboxylic acids is 1. The maximum Gasteiger partial charge on any atom is 0.223 e. The monoisotopic (exact) mass is 213 g/mol. The predicted molar refractivity (Wildman–Crippen MR) is 60.4 cm³/mol. The van der Waals surface area contributed by atoms with Gasteiger partial charge in [-0.15, -0.1) is 0 Å². The number of hydrogen-bond acceptors (Lipinski definition) is 2. The highest BCUT2D eigenvalue weighted by Gasteiger charge is 2.50. The zero-order chi connectivity index (χ0) is 11.9. The van der Waals surface area contributed by atoms with Gasteiger partial charge >= 0.3 is 0 Å². The molecule has 0 bridgehead atoms. The lowest BCUT2D eigenvalue weighted by molar-refractivity contribution is -0.124. The first-order valence-electron chi connectivity index (χ1n) is 5.67. The van der Waals surface area contributed by atoms with E-state index in [4.69, 9.17) is 0 Å². The molecule has 1 rings (SSSR count). The fourth-order valence-electron chi connectivity index (χ4n) is 1.51. The molecule has 88 valence electrons. The Balaban J connectivity index is 2.36. The van der Waals surface area contributed by atoms with Crippen LogP contribution in [0.25, 0.3) is 0 Å². The van der Waals surface area contributed by atoms with E-state index in [1.54, 1.807) is 6.92 Å². The second kappa shape index (κ2) is 3.78. The van der Waals surface area contributed by atoms with Crippen LogP contribution in [0.1, 0.15) is 41.0 Å². The summed E-state index contributed by atoms with van der Waals surface area (Å²) in [5.41, 5.74) is -0.650. The molecule has 15 heavy (non-hydrogen) atoms. The smallest absolute Gasteiger partial charge is 0.223 e. The summed E-state index contributed by atoms with van der Waals surface area (Å²) in [5, 5.41) is 12.8. The van der Waals surface area contributed by atoms with Gasteiger partial charge in [0.25, 0.3) is 0 Å². The summed E-state index contributed by atoms with van der Waals surface area (Å²) in [7, 11) is 0. The Morgan fingerprint density at radius 3 is 2.40 bits per heavy atom. The van der Waals surface area contributed by atoms with Crippen molar-refractivity contribution in [1.82, 2.24) is 5.32 Å². The molecule has 1 amide bonds. The molecule has 0 radical (unpaired) electrons. The number of aliphatic hydroxyl groups is 1. The van der Waals surface area contributed by atoms with Crippen LogP contribution >= 0.6 is 0 Å². The van der Waals surface area contributed by atoms with E-state index < -0.39 is 5.60 Å². The molecule has 2 N–H and O–H groups in total. The summed E-state index contributed by atoms with van der Waals surface area (Å²) < 4.78 is 0. The molecule has 1 aliphatic rings. The Hall–Kier alpha value is -0.570. The Morgan fingerprint density at radius 1 is 1.60 bits per heavy atom. The molecule has 2 unspecified atom stereocenters. The van der Waals surface area contributed by atoms with E-state index in [0.717, 1.165) is 6.42 Å². The summed E-state index contributed by atoms with van der Waals surface area (Å²) >= 11 is 0. The molecule has 0 saturated heterocycles. The van der Waals surface area contributed by atoms with Gasteiger partial charge in [0.15, 0.2) is 0 Å². The van der Waals surface area contributed by atoms with Crippen molar-refractivity contribution in [2.45, 2.75) is 46.6 Å². The Labute approximate surface area is 92.3 Å². The van der Waals surface area contributed by atoms with Crippen LogP contribution in [0.5, 0.6) is 0 Å². The summed E-state index contributed by atoms with van der Waals surface area (Å²) in [5.74, 6) is 0.367. The van der Waals surface area contributed by atoms with E-state index in [2.05, 4.69) is 19.2 Å². The fraction of sp³-hybridized carbons (Fsp3) is 0.917. The van der Waals surface area contributed by atoms with E-state index in [-0.39, 0.29) is 23.2 Å². The summed E-state index contributed by atoms with van der Waals surface area (Å²) in [6.07, 6.45) is 0.961. The maximum atomic E-state index is 11.7.